The molecule has 0 saturated carbocycles. The number of hydrogen-bond donors (Lipinski definition) is 1. The van der Waals surface area contributed by atoms with Gasteiger partial charge in [-0.25, -0.2) is 0 Å². The molecule has 52 heavy (non-hydrogen) atoms. The number of para-hydroxylation sites is 3. The first-order valence-electron chi connectivity index (χ1n) is 18.0. The molecule has 7 aromatic carbocycles. The Hall–Kier alpha value is -6.78. The molecule has 2 aliphatic rings. The maximum absolute atomic E-state index is 6.63. The number of nitrogens with two attached hydrogens (primary N) is 1. The molecule has 242 valence electrons. The summed E-state index contributed by atoms with van der Waals surface area (Å²) in [5.74, 6) is 0.223. The van der Waals surface area contributed by atoms with Gasteiger partial charge in [0.05, 0.1) is 28.1 Å². The minimum atomic E-state index is 0.223. The van der Waals surface area contributed by atoms with Crippen LogP contribution >= 0.6 is 0 Å². The van der Waals surface area contributed by atoms with Crippen LogP contribution in [0, 0.1) is 0 Å². The maximum Gasteiger partial charge on any atom is 0.136 e. The first kappa shape index (κ1) is 27.0. The minimum Gasteiger partial charge on any atom is -0.456 e. The summed E-state index contributed by atoms with van der Waals surface area (Å²) < 4.78 is 11.6. The van der Waals surface area contributed by atoms with Gasteiger partial charge in [-0.05, 0) is 88.5 Å². The third-order valence-electron chi connectivity index (χ3n) is 12.1. The van der Waals surface area contributed by atoms with E-state index in [1.54, 1.807) is 0 Å². The van der Waals surface area contributed by atoms with Gasteiger partial charge in [0, 0.05) is 60.2 Å². The summed E-state index contributed by atoms with van der Waals surface area (Å²) in [5.41, 5.74) is 21.5. The van der Waals surface area contributed by atoms with Crippen molar-refractivity contribution in [1.82, 2.24) is 8.97 Å². The molecule has 0 spiro atoms. The quantitative estimate of drug-likeness (QED) is 0.187. The number of nitrogens with zero attached hydrogens (tertiary/aromatic N) is 2. The van der Waals surface area contributed by atoms with E-state index in [-0.39, 0.29) is 12.0 Å². The average molecular weight is 664 g/mol. The Balaban J connectivity index is 0.902. The lowest BCUT2D eigenvalue weighted by Crippen LogP contribution is -2.10. The van der Waals surface area contributed by atoms with Crippen molar-refractivity contribution in [2.24, 2.45) is 0 Å². The van der Waals surface area contributed by atoms with Crippen LogP contribution in [0.4, 0.5) is 5.69 Å². The van der Waals surface area contributed by atoms with Crippen LogP contribution in [0.25, 0.3) is 98.5 Å². The number of fused-ring (bicyclic) bond motifs is 15. The molecule has 2 atom stereocenters. The monoisotopic (exact) mass is 663 g/mol. The Morgan fingerprint density at radius 3 is 2.00 bits per heavy atom. The lowest BCUT2D eigenvalue weighted by atomic mass is 9.85. The highest BCUT2D eigenvalue weighted by atomic mass is 16.3. The van der Waals surface area contributed by atoms with Gasteiger partial charge in [-0.1, -0.05) is 91.0 Å². The van der Waals surface area contributed by atoms with Crippen LogP contribution in [-0.2, 0) is 0 Å². The number of nitrogen functional groups attached to an aromatic ring is 1. The van der Waals surface area contributed by atoms with Crippen LogP contribution in [0.5, 0.6) is 0 Å². The Bertz CT molecular complexity index is 3440. The zero-order valence-electron chi connectivity index (χ0n) is 28.0. The van der Waals surface area contributed by atoms with Crippen LogP contribution in [0.2, 0.25) is 0 Å². The number of furan rings is 1. The molecule has 0 radical (unpaired) electrons. The predicted octanol–water partition coefficient (Wildman–Crippen LogP) is 12.4. The van der Waals surface area contributed by atoms with Crippen molar-refractivity contribution in [3.05, 3.63) is 163 Å². The lowest BCUT2D eigenvalue weighted by molar-refractivity contribution is 0.617. The van der Waals surface area contributed by atoms with Crippen molar-refractivity contribution in [2.45, 2.75) is 12.0 Å². The molecule has 5 heterocycles. The van der Waals surface area contributed by atoms with Crippen molar-refractivity contribution in [3.8, 4) is 11.1 Å². The molecular weight excluding hydrogens is 635 g/mol. The van der Waals surface area contributed by atoms with Crippen molar-refractivity contribution in [2.75, 3.05) is 5.73 Å². The van der Waals surface area contributed by atoms with Gasteiger partial charge in [-0.15, -0.1) is 0 Å². The molecule has 4 heteroatoms. The van der Waals surface area contributed by atoms with E-state index in [1.807, 2.05) is 0 Å². The van der Waals surface area contributed by atoms with Gasteiger partial charge in [0.25, 0.3) is 0 Å². The van der Waals surface area contributed by atoms with Crippen molar-refractivity contribution < 1.29 is 4.42 Å². The van der Waals surface area contributed by atoms with Crippen molar-refractivity contribution in [3.63, 3.8) is 0 Å². The SMILES string of the molecule is Nc1cc2c3c(c1)c1ccccc1n3C1C=CC(c3ccc4c(c3)oc3cc(-c5ccc6c(c5)c5cccc7c8ccccc8n6c75)ccc34)=CC21. The third kappa shape index (κ3) is 3.28. The van der Waals surface area contributed by atoms with Gasteiger partial charge < -0.3 is 19.1 Å². The molecule has 0 saturated heterocycles. The van der Waals surface area contributed by atoms with Gasteiger partial charge >= 0.3 is 0 Å². The summed E-state index contributed by atoms with van der Waals surface area (Å²) in [6.45, 7) is 0. The minimum absolute atomic E-state index is 0.223. The van der Waals surface area contributed by atoms with Crippen LogP contribution < -0.4 is 5.73 Å². The highest BCUT2D eigenvalue weighted by molar-refractivity contribution is 6.23. The largest absolute Gasteiger partial charge is 0.456 e. The van der Waals surface area contributed by atoms with Gasteiger partial charge in [0.1, 0.15) is 11.2 Å². The fourth-order valence-corrected chi connectivity index (χ4v) is 9.88. The number of hydrogen-bond acceptors (Lipinski definition) is 2. The zero-order chi connectivity index (χ0) is 33.8. The summed E-state index contributed by atoms with van der Waals surface area (Å²) in [4.78, 5) is 0. The number of benzene rings is 7. The Kier molecular flexibility index (Phi) is 4.83. The number of aromatic nitrogens is 2. The standard InChI is InChI=1S/C48H29N3O/c49-30-24-39-32-7-2-4-11-42(32)51-44-19-15-27(21-38(44)40(25-30)48(39)51)29-13-17-34-33-16-12-28(22-45(33)52-46(34)23-29)26-14-18-43-37(20-26)36-9-5-8-35-31-6-1-3-10-41(31)50(43)47(35)36/h1-25,38,44H,49H2. The Morgan fingerprint density at radius 2 is 1.15 bits per heavy atom. The summed E-state index contributed by atoms with van der Waals surface area (Å²) in [5, 5.41) is 9.96. The first-order valence-corrected chi connectivity index (χ1v) is 18.0. The van der Waals surface area contributed by atoms with E-state index in [4.69, 9.17) is 10.2 Å². The Morgan fingerprint density at radius 1 is 0.500 bits per heavy atom. The molecule has 2 unspecified atom stereocenters. The fourth-order valence-electron chi connectivity index (χ4n) is 9.88. The molecule has 4 nitrogen and oxygen atoms in total. The summed E-state index contributed by atoms with van der Waals surface area (Å²) >= 11 is 0. The van der Waals surface area contributed by atoms with E-state index >= 15 is 0 Å². The number of rotatable bonds is 2. The van der Waals surface area contributed by atoms with E-state index in [0.29, 0.717) is 0 Å². The van der Waals surface area contributed by atoms with E-state index in [0.717, 1.165) is 38.8 Å². The predicted molar refractivity (Wildman–Crippen MR) is 217 cm³/mol. The average Bonchev–Trinajstić information content (AvgIpc) is 3.98. The summed E-state index contributed by atoms with van der Waals surface area (Å²) in [6.07, 6.45) is 7.08. The van der Waals surface area contributed by atoms with Gasteiger partial charge in [0.2, 0.25) is 0 Å². The van der Waals surface area contributed by atoms with Crippen LogP contribution in [0.3, 0.4) is 0 Å². The van der Waals surface area contributed by atoms with Gasteiger partial charge in [0.15, 0.2) is 0 Å². The highest BCUT2D eigenvalue weighted by Crippen LogP contribution is 2.51. The molecule has 1 aliphatic carbocycles. The van der Waals surface area contributed by atoms with Gasteiger partial charge in [-0.3, -0.25) is 0 Å². The second-order valence-electron chi connectivity index (χ2n) is 14.7. The second-order valence-corrected chi connectivity index (χ2v) is 14.7. The lowest BCUT2D eigenvalue weighted by Gasteiger charge is -2.23. The Labute approximate surface area is 297 Å². The van der Waals surface area contributed by atoms with E-state index < -0.39 is 0 Å². The third-order valence-corrected chi connectivity index (χ3v) is 12.1. The molecule has 13 rings (SSSR count). The zero-order valence-corrected chi connectivity index (χ0v) is 28.0. The smallest absolute Gasteiger partial charge is 0.136 e. The van der Waals surface area contributed by atoms with Crippen LogP contribution in [-0.4, -0.2) is 8.97 Å². The molecule has 4 aromatic heterocycles. The second kappa shape index (κ2) is 9.30. The molecule has 0 fully saturated rings. The molecule has 0 bridgehead atoms. The van der Waals surface area contributed by atoms with Crippen molar-refractivity contribution in [1.29, 1.82) is 0 Å². The van der Waals surface area contributed by atoms with Crippen LogP contribution in [0.15, 0.2) is 156 Å². The summed E-state index contributed by atoms with van der Waals surface area (Å²) in [6, 6.07) is 48.8. The number of anilines is 1. The maximum atomic E-state index is 6.63. The van der Waals surface area contributed by atoms with E-state index in [1.165, 1.54) is 76.6 Å². The molecule has 1 aliphatic heterocycles. The van der Waals surface area contributed by atoms with E-state index in [2.05, 4.69) is 161 Å². The molecule has 11 aromatic rings. The van der Waals surface area contributed by atoms with Crippen molar-refractivity contribution >= 4 is 93.1 Å². The fraction of sp³-hybridized carbons (Fsp3) is 0.0417. The van der Waals surface area contributed by atoms with Gasteiger partial charge in [-0.2, -0.15) is 0 Å². The highest BCUT2D eigenvalue weighted by Gasteiger charge is 2.35. The summed E-state index contributed by atoms with van der Waals surface area (Å²) in [7, 11) is 0. The number of allylic oxidation sites excluding steroid dienone is 4. The molecule has 0 amide bonds. The van der Waals surface area contributed by atoms with E-state index in [9.17, 15) is 0 Å². The first-order chi connectivity index (χ1) is 25.7. The normalized spacial score (nSPS) is 17.0. The molecular formula is C48H29N3O. The topological polar surface area (TPSA) is 48.5 Å². The van der Waals surface area contributed by atoms with Crippen LogP contribution in [0.1, 0.15) is 23.1 Å². The molecule has 2 N–H and O–H groups in total.